The monoisotopic (exact) mass is 610 g/mol. The van der Waals surface area contributed by atoms with Crippen LogP contribution < -0.4 is 15.4 Å². The Bertz CT molecular complexity index is 1690. The number of carboxylic acid groups (broad SMARTS) is 1. The van der Waals surface area contributed by atoms with Crippen molar-refractivity contribution in [3.63, 3.8) is 0 Å². The lowest BCUT2D eigenvalue weighted by atomic mass is 10.0. The molecule has 0 saturated carbocycles. The van der Waals surface area contributed by atoms with E-state index in [1.54, 1.807) is 60.9 Å². The SMILES string of the molecule is Cc1ccc2c(NC(=O)CC(O)C(F)(F)F)cccc2c1Oc1ncccc1-c1ccnc(N[C@H]2CCCN(C(=O)O)C2)n1. The van der Waals surface area contributed by atoms with E-state index in [9.17, 15) is 33.0 Å². The second-order valence-corrected chi connectivity index (χ2v) is 10.4. The molecule has 1 fully saturated rings. The molecule has 4 N–H and O–H groups in total. The predicted octanol–water partition coefficient (Wildman–Crippen LogP) is 5.60. The van der Waals surface area contributed by atoms with E-state index in [0.29, 0.717) is 46.8 Å². The number of rotatable bonds is 8. The molecule has 1 saturated heterocycles. The van der Waals surface area contributed by atoms with Crippen LogP contribution in [0.1, 0.15) is 24.8 Å². The van der Waals surface area contributed by atoms with Gasteiger partial charge < -0.3 is 30.5 Å². The fourth-order valence-corrected chi connectivity index (χ4v) is 4.97. The third kappa shape index (κ3) is 6.97. The number of halogens is 3. The minimum Gasteiger partial charge on any atom is -0.465 e. The number of carbonyl (C=O) groups is 2. The minimum absolute atomic E-state index is 0.149. The summed E-state index contributed by atoms with van der Waals surface area (Å²) in [5.74, 6) is -0.0242. The zero-order valence-corrected chi connectivity index (χ0v) is 23.5. The summed E-state index contributed by atoms with van der Waals surface area (Å²) in [5, 5.41) is 25.4. The predicted molar refractivity (Wildman–Crippen MR) is 156 cm³/mol. The van der Waals surface area contributed by atoms with Crippen molar-refractivity contribution >= 4 is 34.4 Å². The number of pyridine rings is 1. The third-order valence-corrected chi connectivity index (χ3v) is 7.17. The number of ether oxygens (including phenoxy) is 1. The van der Waals surface area contributed by atoms with E-state index in [1.165, 1.54) is 4.90 Å². The lowest BCUT2D eigenvalue weighted by molar-refractivity contribution is -0.205. The number of fused-ring (bicyclic) bond motifs is 1. The molecule has 0 spiro atoms. The number of piperidine rings is 1. The maximum absolute atomic E-state index is 12.7. The van der Waals surface area contributed by atoms with E-state index in [4.69, 9.17) is 4.74 Å². The normalized spacial score (nSPS) is 15.9. The number of amides is 2. The van der Waals surface area contributed by atoms with E-state index in [-0.39, 0.29) is 17.6 Å². The molecule has 0 radical (unpaired) electrons. The van der Waals surface area contributed by atoms with Gasteiger partial charge >= 0.3 is 12.3 Å². The number of anilines is 2. The van der Waals surface area contributed by atoms with Gasteiger partial charge in [-0.1, -0.05) is 24.3 Å². The first-order chi connectivity index (χ1) is 21.0. The summed E-state index contributed by atoms with van der Waals surface area (Å²) in [6.07, 6.45) is -5.18. The Balaban J connectivity index is 1.41. The number of aliphatic hydroxyl groups is 1. The summed E-state index contributed by atoms with van der Waals surface area (Å²) in [7, 11) is 0. The van der Waals surface area contributed by atoms with Gasteiger partial charge in [0.25, 0.3) is 0 Å². The number of carbonyl (C=O) groups excluding carboxylic acids is 1. The average molecular weight is 611 g/mol. The Hall–Kier alpha value is -4.98. The molecular weight excluding hydrogens is 581 g/mol. The zero-order valence-electron chi connectivity index (χ0n) is 23.5. The smallest absolute Gasteiger partial charge is 0.414 e. The van der Waals surface area contributed by atoms with Gasteiger partial charge in [-0.2, -0.15) is 13.2 Å². The number of hydrogen-bond donors (Lipinski definition) is 4. The lowest BCUT2D eigenvalue weighted by Crippen LogP contribution is -2.44. The molecule has 0 aliphatic carbocycles. The van der Waals surface area contributed by atoms with Crippen molar-refractivity contribution in [1.29, 1.82) is 0 Å². The highest BCUT2D eigenvalue weighted by molar-refractivity contribution is 6.04. The first kappa shape index (κ1) is 30.5. The van der Waals surface area contributed by atoms with Crippen molar-refractivity contribution in [3.05, 3.63) is 66.5 Å². The molecule has 2 amide bonds. The van der Waals surface area contributed by atoms with Crippen molar-refractivity contribution in [3.8, 4) is 22.9 Å². The van der Waals surface area contributed by atoms with Crippen LogP contribution in [0.5, 0.6) is 11.6 Å². The van der Waals surface area contributed by atoms with E-state index in [0.717, 1.165) is 18.4 Å². The molecule has 1 aliphatic heterocycles. The summed E-state index contributed by atoms with van der Waals surface area (Å²) in [4.78, 5) is 38.4. The molecule has 3 heterocycles. The molecular formula is C30H29F3N6O5. The topological polar surface area (TPSA) is 150 Å². The number of nitrogens with one attached hydrogen (secondary N) is 2. The number of benzene rings is 2. The van der Waals surface area contributed by atoms with Gasteiger partial charge in [-0.3, -0.25) is 4.79 Å². The van der Waals surface area contributed by atoms with Gasteiger partial charge in [0.1, 0.15) is 5.75 Å². The van der Waals surface area contributed by atoms with E-state index >= 15 is 0 Å². The van der Waals surface area contributed by atoms with Crippen LogP contribution >= 0.6 is 0 Å². The van der Waals surface area contributed by atoms with Crippen LogP contribution in [-0.2, 0) is 4.79 Å². The van der Waals surface area contributed by atoms with Crippen LogP contribution in [-0.4, -0.2) is 73.5 Å². The number of alkyl halides is 3. The van der Waals surface area contributed by atoms with Crippen molar-refractivity contribution < 1.29 is 37.7 Å². The Morgan fingerprint density at radius 3 is 2.68 bits per heavy atom. The van der Waals surface area contributed by atoms with Crippen LogP contribution in [0.25, 0.3) is 22.0 Å². The van der Waals surface area contributed by atoms with Crippen LogP contribution in [0, 0.1) is 6.92 Å². The molecule has 1 unspecified atom stereocenters. The van der Waals surface area contributed by atoms with Crippen LogP contribution in [0.4, 0.5) is 29.6 Å². The van der Waals surface area contributed by atoms with Crippen LogP contribution in [0.15, 0.2) is 60.9 Å². The largest absolute Gasteiger partial charge is 0.465 e. The summed E-state index contributed by atoms with van der Waals surface area (Å²) >= 11 is 0. The van der Waals surface area contributed by atoms with Gasteiger partial charge in [-0.05, 0) is 49.6 Å². The van der Waals surface area contributed by atoms with Crippen molar-refractivity contribution in [1.82, 2.24) is 19.9 Å². The highest BCUT2D eigenvalue weighted by atomic mass is 19.4. The van der Waals surface area contributed by atoms with E-state index in [2.05, 4.69) is 25.6 Å². The molecule has 14 heteroatoms. The summed E-state index contributed by atoms with van der Waals surface area (Å²) in [6, 6.07) is 13.4. The number of aryl methyl sites for hydroxylation is 1. The molecule has 2 aromatic heterocycles. The molecule has 2 atom stereocenters. The molecule has 5 rings (SSSR count). The lowest BCUT2D eigenvalue weighted by Gasteiger charge is -2.31. The van der Waals surface area contributed by atoms with Gasteiger partial charge in [0, 0.05) is 48.0 Å². The van der Waals surface area contributed by atoms with Gasteiger partial charge in [0.2, 0.25) is 17.7 Å². The summed E-state index contributed by atoms with van der Waals surface area (Å²) in [5.41, 5.74) is 2.04. The zero-order chi connectivity index (χ0) is 31.4. The minimum atomic E-state index is -4.91. The number of aliphatic hydroxyl groups excluding tert-OH is 1. The van der Waals surface area contributed by atoms with Crippen molar-refractivity contribution in [2.45, 2.75) is 44.5 Å². The highest BCUT2D eigenvalue weighted by Gasteiger charge is 2.39. The molecule has 44 heavy (non-hydrogen) atoms. The van der Waals surface area contributed by atoms with Gasteiger partial charge in [-0.15, -0.1) is 0 Å². The Labute approximate surface area is 249 Å². The van der Waals surface area contributed by atoms with Crippen LogP contribution in [0.3, 0.4) is 0 Å². The standard InChI is InChI=1S/C30H29F3N6O5/c1-17-9-10-19-20(6-2-8-22(19)37-25(41)15-24(40)30(31,32)33)26(17)44-27-21(7-3-12-34-27)23-11-13-35-28(38-23)36-18-5-4-14-39(16-18)29(42)43/h2-3,6-13,18,24,40H,4-5,14-16H2,1H3,(H,37,41)(H,42,43)(H,35,36,38)/t18-,24?/m0/s1. The van der Waals surface area contributed by atoms with E-state index in [1.807, 2.05) is 6.92 Å². The fourth-order valence-electron chi connectivity index (χ4n) is 4.97. The second-order valence-electron chi connectivity index (χ2n) is 10.4. The Morgan fingerprint density at radius 2 is 1.91 bits per heavy atom. The first-order valence-corrected chi connectivity index (χ1v) is 13.8. The summed E-state index contributed by atoms with van der Waals surface area (Å²) in [6.45, 7) is 2.61. The van der Waals surface area contributed by atoms with Gasteiger partial charge in [-0.25, -0.2) is 19.7 Å². The highest BCUT2D eigenvalue weighted by Crippen LogP contribution is 2.38. The number of hydrogen-bond acceptors (Lipinski definition) is 8. The van der Waals surface area contributed by atoms with E-state index < -0.39 is 30.7 Å². The van der Waals surface area contributed by atoms with Gasteiger partial charge in [0.15, 0.2) is 6.10 Å². The van der Waals surface area contributed by atoms with Crippen molar-refractivity contribution in [2.24, 2.45) is 0 Å². The number of nitrogens with zero attached hydrogens (tertiary/aromatic N) is 4. The Kier molecular flexibility index (Phi) is 8.81. The molecule has 11 nitrogen and oxygen atoms in total. The average Bonchev–Trinajstić information content (AvgIpc) is 2.98. The Morgan fingerprint density at radius 1 is 1.09 bits per heavy atom. The summed E-state index contributed by atoms with van der Waals surface area (Å²) < 4.78 is 44.6. The molecule has 2 aromatic carbocycles. The maximum atomic E-state index is 12.7. The second kappa shape index (κ2) is 12.7. The first-order valence-electron chi connectivity index (χ1n) is 13.8. The molecule has 0 bridgehead atoms. The van der Waals surface area contributed by atoms with Crippen LogP contribution in [0.2, 0.25) is 0 Å². The molecule has 230 valence electrons. The fraction of sp³-hybridized carbons (Fsp3) is 0.300. The third-order valence-electron chi connectivity index (χ3n) is 7.17. The van der Waals surface area contributed by atoms with Crippen molar-refractivity contribution in [2.75, 3.05) is 23.7 Å². The quantitative estimate of drug-likeness (QED) is 0.200. The van der Waals surface area contributed by atoms with Gasteiger partial charge in [0.05, 0.1) is 17.7 Å². The molecule has 1 aliphatic rings. The maximum Gasteiger partial charge on any atom is 0.414 e. The number of aromatic nitrogens is 3. The molecule has 4 aromatic rings. The number of likely N-dealkylation sites (tertiary alicyclic amines) is 1.